The molecule has 4 rings (SSSR count). The minimum atomic E-state index is -0.423. The number of nitrogens with one attached hydrogen (secondary N) is 1. The second kappa shape index (κ2) is 7.73. The quantitative estimate of drug-likeness (QED) is 0.395. The Bertz CT molecular complexity index is 1230. The van der Waals surface area contributed by atoms with Gasteiger partial charge in [0.15, 0.2) is 5.16 Å². The Morgan fingerprint density at radius 3 is 2.93 bits per heavy atom. The summed E-state index contributed by atoms with van der Waals surface area (Å²) in [5, 5.41) is 5.86. The second-order valence-electron chi connectivity index (χ2n) is 6.20. The van der Waals surface area contributed by atoms with Gasteiger partial charge in [0.25, 0.3) is 5.56 Å². The van der Waals surface area contributed by atoms with E-state index in [9.17, 15) is 9.59 Å². The molecule has 0 fully saturated rings. The first kappa shape index (κ1) is 18.6. The predicted molar refractivity (Wildman–Crippen MR) is 115 cm³/mol. The summed E-state index contributed by atoms with van der Waals surface area (Å²) in [6.07, 6.45) is 1.72. The fourth-order valence-corrected chi connectivity index (χ4v) is 4.70. The minimum absolute atomic E-state index is 0.0577. The van der Waals surface area contributed by atoms with E-state index in [0.717, 1.165) is 16.6 Å². The van der Waals surface area contributed by atoms with Crippen molar-refractivity contribution < 1.29 is 4.79 Å². The highest BCUT2D eigenvalue weighted by Gasteiger charge is 2.20. The van der Waals surface area contributed by atoms with Crippen molar-refractivity contribution in [3.8, 4) is 0 Å². The molecule has 8 heteroatoms. The summed E-state index contributed by atoms with van der Waals surface area (Å²) < 4.78 is 2.27. The van der Waals surface area contributed by atoms with Gasteiger partial charge in [-0.15, -0.1) is 11.3 Å². The number of anilines is 1. The summed E-state index contributed by atoms with van der Waals surface area (Å²) >= 11 is 2.68. The molecule has 3 heterocycles. The van der Waals surface area contributed by atoms with Crippen molar-refractivity contribution in [2.24, 2.45) is 0 Å². The number of pyridine rings is 1. The maximum absolute atomic E-state index is 12.8. The third-order valence-corrected chi connectivity index (χ3v) is 6.38. The highest BCUT2D eigenvalue weighted by Crippen LogP contribution is 2.26. The van der Waals surface area contributed by atoms with Gasteiger partial charge in [-0.2, -0.15) is 0 Å². The average molecular weight is 411 g/mol. The molecule has 1 N–H and O–H groups in total. The molecule has 28 heavy (non-hydrogen) atoms. The molecule has 142 valence electrons. The molecule has 0 spiro atoms. The molecular weight excluding hydrogens is 392 g/mol. The zero-order valence-corrected chi connectivity index (χ0v) is 17.0. The molecule has 0 aliphatic heterocycles. The fourth-order valence-electron chi connectivity index (χ4n) is 2.95. The van der Waals surface area contributed by atoms with Gasteiger partial charge in [0.2, 0.25) is 5.91 Å². The van der Waals surface area contributed by atoms with Crippen molar-refractivity contribution in [1.82, 2.24) is 14.5 Å². The fraction of sp³-hybridized carbons (Fsp3) is 0.200. The van der Waals surface area contributed by atoms with Crippen LogP contribution in [0.3, 0.4) is 0 Å². The number of hydrogen-bond acceptors (Lipinski definition) is 6. The lowest BCUT2D eigenvalue weighted by atomic mass is 10.2. The summed E-state index contributed by atoms with van der Waals surface area (Å²) in [5.74, 6) is -0.149. The van der Waals surface area contributed by atoms with Crippen LogP contribution in [0.15, 0.2) is 57.9 Å². The van der Waals surface area contributed by atoms with Gasteiger partial charge in [-0.05, 0) is 49.6 Å². The third-order valence-electron chi connectivity index (χ3n) is 4.40. The Morgan fingerprint density at radius 2 is 2.11 bits per heavy atom. The van der Waals surface area contributed by atoms with Gasteiger partial charge in [0, 0.05) is 18.1 Å². The van der Waals surface area contributed by atoms with Crippen LogP contribution in [0.25, 0.3) is 21.1 Å². The number of aromatic nitrogens is 3. The normalized spacial score (nSPS) is 12.4. The van der Waals surface area contributed by atoms with Gasteiger partial charge in [-0.1, -0.05) is 17.8 Å². The zero-order valence-electron chi connectivity index (χ0n) is 15.4. The number of hydrogen-bond donors (Lipinski definition) is 1. The molecule has 1 unspecified atom stereocenters. The average Bonchev–Trinajstić information content (AvgIpc) is 3.17. The Kier molecular flexibility index (Phi) is 5.15. The van der Waals surface area contributed by atoms with Gasteiger partial charge in [0.1, 0.15) is 4.70 Å². The molecule has 0 bridgehead atoms. The summed E-state index contributed by atoms with van der Waals surface area (Å²) in [5.41, 5.74) is 2.16. The van der Waals surface area contributed by atoms with E-state index in [4.69, 9.17) is 0 Å². The number of fused-ring (bicyclic) bond motifs is 2. The lowest BCUT2D eigenvalue weighted by Gasteiger charge is -2.15. The van der Waals surface area contributed by atoms with E-state index in [1.165, 1.54) is 23.1 Å². The minimum Gasteiger partial charge on any atom is -0.324 e. The summed E-state index contributed by atoms with van der Waals surface area (Å²) in [4.78, 5) is 34.3. The van der Waals surface area contributed by atoms with E-state index < -0.39 is 5.25 Å². The van der Waals surface area contributed by atoms with Crippen molar-refractivity contribution in [3.05, 3.63) is 58.3 Å². The summed E-state index contributed by atoms with van der Waals surface area (Å²) in [7, 11) is 0. The molecule has 3 aromatic heterocycles. The van der Waals surface area contributed by atoms with E-state index in [2.05, 4.69) is 15.3 Å². The first-order valence-electron chi connectivity index (χ1n) is 8.87. The first-order chi connectivity index (χ1) is 13.6. The van der Waals surface area contributed by atoms with Crippen LogP contribution >= 0.6 is 23.1 Å². The van der Waals surface area contributed by atoms with E-state index in [1.54, 1.807) is 10.8 Å². The van der Waals surface area contributed by atoms with Crippen molar-refractivity contribution in [2.75, 3.05) is 5.32 Å². The van der Waals surface area contributed by atoms with Crippen LogP contribution in [0.5, 0.6) is 0 Å². The van der Waals surface area contributed by atoms with Gasteiger partial charge in [-0.25, -0.2) is 4.98 Å². The van der Waals surface area contributed by atoms with Crippen LogP contribution in [-0.4, -0.2) is 25.7 Å². The molecule has 0 aliphatic rings. The maximum Gasteiger partial charge on any atom is 0.272 e. The zero-order chi connectivity index (χ0) is 19.7. The van der Waals surface area contributed by atoms with Crippen LogP contribution in [-0.2, 0) is 11.3 Å². The molecule has 0 saturated carbocycles. The Balaban J connectivity index is 1.60. The first-order valence-corrected chi connectivity index (χ1v) is 10.6. The molecule has 1 amide bonds. The van der Waals surface area contributed by atoms with E-state index >= 15 is 0 Å². The largest absolute Gasteiger partial charge is 0.324 e. The lowest BCUT2D eigenvalue weighted by molar-refractivity contribution is -0.115. The van der Waals surface area contributed by atoms with Gasteiger partial charge >= 0.3 is 0 Å². The number of thioether (sulfide) groups is 1. The predicted octanol–water partition coefficient (Wildman–Crippen LogP) is 4.15. The number of benzene rings is 1. The van der Waals surface area contributed by atoms with Crippen LogP contribution in [0.2, 0.25) is 0 Å². The monoisotopic (exact) mass is 410 g/mol. The molecule has 1 aromatic carbocycles. The van der Waals surface area contributed by atoms with Crippen LogP contribution < -0.4 is 10.9 Å². The molecule has 0 aliphatic carbocycles. The number of carbonyl (C=O) groups is 1. The van der Waals surface area contributed by atoms with E-state index in [0.29, 0.717) is 21.9 Å². The highest BCUT2D eigenvalue weighted by atomic mass is 32.2. The van der Waals surface area contributed by atoms with Crippen molar-refractivity contribution in [3.63, 3.8) is 0 Å². The van der Waals surface area contributed by atoms with Crippen molar-refractivity contribution in [1.29, 1.82) is 0 Å². The number of amides is 1. The molecule has 6 nitrogen and oxygen atoms in total. The topological polar surface area (TPSA) is 76.9 Å². The summed E-state index contributed by atoms with van der Waals surface area (Å²) in [6.45, 7) is 4.22. The SMILES string of the molecule is CCn1c(SC(C)C(=O)Nc2cccc3ncccc23)nc2ccsc2c1=O. The van der Waals surface area contributed by atoms with Gasteiger partial charge < -0.3 is 5.32 Å². The number of nitrogens with zero attached hydrogens (tertiary/aromatic N) is 3. The standard InChI is InChI=1S/C20H18N4O2S2/c1-3-24-19(26)17-16(9-11-27-17)23-20(24)28-12(2)18(25)22-15-8-4-7-14-13(15)6-5-10-21-14/h4-12H,3H2,1-2H3,(H,22,25). The second-order valence-corrected chi connectivity index (χ2v) is 8.43. The van der Waals surface area contributed by atoms with Crippen molar-refractivity contribution >= 4 is 55.8 Å². The third kappa shape index (κ3) is 3.41. The van der Waals surface area contributed by atoms with Crippen LogP contribution in [0.1, 0.15) is 13.8 Å². The Labute approximate surface area is 169 Å². The van der Waals surface area contributed by atoms with E-state index in [1.807, 2.05) is 55.6 Å². The van der Waals surface area contributed by atoms with Crippen LogP contribution in [0.4, 0.5) is 5.69 Å². The van der Waals surface area contributed by atoms with Crippen LogP contribution in [0, 0.1) is 0 Å². The lowest BCUT2D eigenvalue weighted by Crippen LogP contribution is -2.26. The number of thiophene rings is 1. The maximum atomic E-state index is 12.8. The molecule has 4 aromatic rings. The Hall–Kier alpha value is -2.71. The Morgan fingerprint density at radius 1 is 1.25 bits per heavy atom. The number of rotatable bonds is 5. The highest BCUT2D eigenvalue weighted by molar-refractivity contribution is 8.00. The number of carbonyl (C=O) groups excluding carboxylic acids is 1. The molecule has 0 saturated heterocycles. The van der Waals surface area contributed by atoms with E-state index in [-0.39, 0.29) is 11.5 Å². The van der Waals surface area contributed by atoms with Crippen molar-refractivity contribution in [2.45, 2.75) is 30.8 Å². The van der Waals surface area contributed by atoms with Gasteiger partial charge in [-0.3, -0.25) is 19.1 Å². The summed E-state index contributed by atoms with van der Waals surface area (Å²) in [6, 6.07) is 11.2. The molecular formula is C20H18N4O2S2. The molecule has 0 radical (unpaired) electrons. The molecule has 1 atom stereocenters. The smallest absolute Gasteiger partial charge is 0.272 e. The van der Waals surface area contributed by atoms with Gasteiger partial charge in [0.05, 0.1) is 22.0 Å².